The third-order valence-electron chi connectivity index (χ3n) is 2.72. The lowest BCUT2D eigenvalue weighted by atomic mass is 10.0. The number of amides is 1. The van der Waals surface area contributed by atoms with E-state index in [1.165, 1.54) is 0 Å². The van der Waals surface area contributed by atoms with Crippen LogP contribution in [-0.2, 0) is 4.74 Å². The van der Waals surface area contributed by atoms with E-state index in [4.69, 9.17) is 4.74 Å². The van der Waals surface area contributed by atoms with E-state index < -0.39 is 5.60 Å². The summed E-state index contributed by atoms with van der Waals surface area (Å²) in [6.45, 7) is 7.70. The molecule has 0 saturated heterocycles. The molecule has 0 saturated carbocycles. The van der Waals surface area contributed by atoms with Crippen LogP contribution in [0.4, 0.5) is 4.79 Å². The molecule has 3 heteroatoms. The molecule has 0 aliphatic carbocycles. The predicted octanol–water partition coefficient (Wildman–Crippen LogP) is 4.00. The molecule has 0 bridgehead atoms. The van der Waals surface area contributed by atoms with Crippen molar-refractivity contribution in [2.75, 3.05) is 7.05 Å². The van der Waals surface area contributed by atoms with Crippen molar-refractivity contribution in [1.82, 2.24) is 4.90 Å². The van der Waals surface area contributed by atoms with Crippen LogP contribution in [0.3, 0.4) is 0 Å². The molecule has 0 aliphatic heterocycles. The lowest BCUT2D eigenvalue weighted by Crippen LogP contribution is -2.36. The molecule has 100 valence electrons. The van der Waals surface area contributed by atoms with Gasteiger partial charge in [-0.3, -0.25) is 0 Å². The summed E-state index contributed by atoms with van der Waals surface area (Å²) >= 11 is 0. The first-order chi connectivity index (χ1) is 8.35. The van der Waals surface area contributed by atoms with Crippen LogP contribution >= 0.6 is 0 Å². The molecule has 0 spiro atoms. The van der Waals surface area contributed by atoms with Crippen molar-refractivity contribution in [1.29, 1.82) is 0 Å². The predicted molar refractivity (Wildman–Crippen MR) is 73.5 cm³/mol. The highest BCUT2D eigenvalue weighted by atomic mass is 16.6. The number of benzene rings is 1. The second-order valence-electron chi connectivity index (χ2n) is 5.43. The van der Waals surface area contributed by atoms with Gasteiger partial charge in [-0.15, -0.1) is 0 Å². The van der Waals surface area contributed by atoms with E-state index in [0.717, 1.165) is 12.0 Å². The van der Waals surface area contributed by atoms with E-state index in [1.54, 1.807) is 11.9 Å². The zero-order chi connectivity index (χ0) is 13.8. The maximum absolute atomic E-state index is 12.0. The molecule has 3 nitrogen and oxygen atoms in total. The highest BCUT2D eigenvalue weighted by Crippen LogP contribution is 2.24. The summed E-state index contributed by atoms with van der Waals surface area (Å²) in [5.41, 5.74) is 0.675. The average Bonchev–Trinajstić information content (AvgIpc) is 2.29. The Hall–Kier alpha value is -1.51. The molecule has 1 aromatic carbocycles. The fourth-order valence-corrected chi connectivity index (χ4v) is 1.87. The van der Waals surface area contributed by atoms with E-state index in [-0.39, 0.29) is 12.1 Å². The van der Waals surface area contributed by atoms with Crippen LogP contribution < -0.4 is 0 Å². The second kappa shape index (κ2) is 5.89. The first kappa shape index (κ1) is 14.6. The van der Waals surface area contributed by atoms with Crippen molar-refractivity contribution in [3.05, 3.63) is 35.9 Å². The standard InChI is InChI=1S/C15H23NO2/c1-6-13(12-10-8-7-9-11-12)16(5)14(17)18-15(2,3)4/h7-11,13H,6H2,1-5H3. The topological polar surface area (TPSA) is 29.5 Å². The van der Waals surface area contributed by atoms with Crippen molar-refractivity contribution in [2.45, 2.75) is 45.8 Å². The molecule has 1 atom stereocenters. The molecule has 0 N–H and O–H groups in total. The zero-order valence-corrected chi connectivity index (χ0v) is 11.9. The summed E-state index contributed by atoms with van der Waals surface area (Å²) in [7, 11) is 1.79. The smallest absolute Gasteiger partial charge is 0.410 e. The highest BCUT2D eigenvalue weighted by molar-refractivity contribution is 5.68. The van der Waals surface area contributed by atoms with Crippen molar-refractivity contribution in [2.24, 2.45) is 0 Å². The van der Waals surface area contributed by atoms with E-state index in [9.17, 15) is 4.79 Å². The number of hydrogen-bond acceptors (Lipinski definition) is 2. The van der Waals surface area contributed by atoms with Gasteiger partial charge in [-0.25, -0.2) is 4.79 Å². The molecule has 0 heterocycles. The van der Waals surface area contributed by atoms with Crippen LogP contribution in [0.15, 0.2) is 30.3 Å². The van der Waals surface area contributed by atoms with E-state index in [0.29, 0.717) is 0 Å². The van der Waals surface area contributed by atoms with Gasteiger partial charge >= 0.3 is 6.09 Å². The Labute approximate surface area is 110 Å². The van der Waals surface area contributed by atoms with Gasteiger partial charge in [0, 0.05) is 7.05 Å². The molecule has 1 unspecified atom stereocenters. The molecule has 0 fully saturated rings. The van der Waals surface area contributed by atoms with Crippen LogP contribution in [0, 0.1) is 0 Å². The number of carbonyl (C=O) groups is 1. The number of carbonyl (C=O) groups excluding carboxylic acids is 1. The Morgan fingerprint density at radius 1 is 1.28 bits per heavy atom. The lowest BCUT2D eigenvalue weighted by molar-refractivity contribution is 0.0215. The molecule has 1 amide bonds. The number of rotatable bonds is 3. The summed E-state index contributed by atoms with van der Waals surface area (Å²) in [5, 5.41) is 0. The van der Waals surface area contributed by atoms with Gasteiger partial charge < -0.3 is 9.64 Å². The summed E-state index contributed by atoms with van der Waals surface area (Å²) in [6.07, 6.45) is 0.581. The van der Waals surface area contributed by atoms with Gasteiger partial charge in [0.25, 0.3) is 0 Å². The maximum Gasteiger partial charge on any atom is 0.410 e. The summed E-state index contributed by atoms with van der Waals surface area (Å²) in [4.78, 5) is 13.7. The third-order valence-corrected chi connectivity index (χ3v) is 2.72. The van der Waals surface area contributed by atoms with Gasteiger partial charge in [0.2, 0.25) is 0 Å². The monoisotopic (exact) mass is 249 g/mol. The molecule has 0 aliphatic rings. The fourth-order valence-electron chi connectivity index (χ4n) is 1.87. The van der Waals surface area contributed by atoms with Gasteiger partial charge in [-0.05, 0) is 32.8 Å². The van der Waals surface area contributed by atoms with E-state index >= 15 is 0 Å². The van der Waals surface area contributed by atoms with Gasteiger partial charge in [0.1, 0.15) is 5.60 Å². The van der Waals surface area contributed by atoms with Gasteiger partial charge in [0.15, 0.2) is 0 Å². The quantitative estimate of drug-likeness (QED) is 0.810. The summed E-state index contributed by atoms with van der Waals surface area (Å²) < 4.78 is 5.39. The molecule has 1 rings (SSSR count). The Morgan fingerprint density at radius 2 is 1.83 bits per heavy atom. The molecule has 18 heavy (non-hydrogen) atoms. The minimum atomic E-state index is -0.458. The maximum atomic E-state index is 12.0. The van der Waals surface area contributed by atoms with Crippen LogP contribution in [-0.4, -0.2) is 23.6 Å². The minimum Gasteiger partial charge on any atom is -0.444 e. The minimum absolute atomic E-state index is 0.0565. The Balaban J connectivity index is 2.80. The first-order valence-corrected chi connectivity index (χ1v) is 6.36. The largest absolute Gasteiger partial charge is 0.444 e. The number of ether oxygens (including phenoxy) is 1. The van der Waals surface area contributed by atoms with Crippen molar-refractivity contribution in [3.63, 3.8) is 0 Å². The van der Waals surface area contributed by atoms with Crippen LogP contribution in [0.2, 0.25) is 0 Å². The normalized spacial score (nSPS) is 12.9. The Kier molecular flexibility index (Phi) is 4.76. The highest BCUT2D eigenvalue weighted by Gasteiger charge is 2.25. The van der Waals surface area contributed by atoms with Crippen molar-refractivity contribution in [3.8, 4) is 0 Å². The van der Waals surface area contributed by atoms with Crippen molar-refractivity contribution >= 4 is 6.09 Å². The van der Waals surface area contributed by atoms with Crippen molar-refractivity contribution < 1.29 is 9.53 Å². The number of hydrogen-bond donors (Lipinski definition) is 0. The Bertz CT molecular complexity index is 381. The van der Waals surface area contributed by atoms with Gasteiger partial charge in [-0.2, -0.15) is 0 Å². The number of nitrogens with zero attached hydrogens (tertiary/aromatic N) is 1. The molecular formula is C15H23NO2. The lowest BCUT2D eigenvalue weighted by Gasteiger charge is -2.30. The van der Waals surface area contributed by atoms with Crippen LogP contribution in [0.5, 0.6) is 0 Å². The molecule has 0 radical (unpaired) electrons. The third kappa shape index (κ3) is 4.06. The SMILES string of the molecule is CCC(c1ccccc1)N(C)C(=O)OC(C)(C)C. The molecule has 1 aromatic rings. The van der Waals surface area contributed by atoms with Gasteiger partial charge in [0.05, 0.1) is 6.04 Å². The second-order valence-corrected chi connectivity index (χ2v) is 5.43. The first-order valence-electron chi connectivity index (χ1n) is 6.36. The molecule has 0 aromatic heterocycles. The fraction of sp³-hybridized carbons (Fsp3) is 0.533. The summed E-state index contributed by atoms with van der Waals surface area (Å²) in [5.74, 6) is 0. The average molecular weight is 249 g/mol. The van der Waals surface area contributed by atoms with Crippen LogP contribution in [0.1, 0.15) is 45.7 Å². The van der Waals surface area contributed by atoms with Crippen LogP contribution in [0.25, 0.3) is 0 Å². The zero-order valence-electron chi connectivity index (χ0n) is 11.9. The van der Waals surface area contributed by atoms with E-state index in [2.05, 4.69) is 6.92 Å². The van der Waals surface area contributed by atoms with Gasteiger partial charge in [-0.1, -0.05) is 37.3 Å². The van der Waals surface area contributed by atoms with E-state index in [1.807, 2.05) is 51.1 Å². The summed E-state index contributed by atoms with van der Waals surface area (Å²) in [6, 6.07) is 10.1. The molecular weight excluding hydrogens is 226 g/mol. The Morgan fingerprint density at radius 3 is 2.28 bits per heavy atom.